The van der Waals surface area contributed by atoms with Crippen LogP contribution in [0.25, 0.3) is 0 Å². The fourth-order valence-corrected chi connectivity index (χ4v) is 2.91. The molecule has 0 spiro atoms. The zero-order valence-electron chi connectivity index (χ0n) is 12.9. The molecular weight excluding hydrogens is 272 g/mol. The number of nitrogens with zero attached hydrogens (tertiary/aromatic N) is 2. The summed E-state index contributed by atoms with van der Waals surface area (Å²) in [7, 11) is 0. The number of morpholine rings is 1. The van der Waals surface area contributed by atoms with Crippen LogP contribution in [0.15, 0.2) is 0 Å². The van der Waals surface area contributed by atoms with Gasteiger partial charge in [0, 0.05) is 39.3 Å². The molecule has 0 aromatic heterocycles. The summed E-state index contributed by atoms with van der Waals surface area (Å²) in [5.41, 5.74) is 0. The maximum atomic E-state index is 12.6. The second-order valence-electron chi connectivity index (χ2n) is 5.47. The quantitative estimate of drug-likeness (QED) is 0.671. The van der Waals surface area contributed by atoms with E-state index in [1.165, 1.54) is 0 Å². The third kappa shape index (κ3) is 3.93. The van der Waals surface area contributed by atoms with E-state index < -0.39 is 0 Å². The van der Waals surface area contributed by atoms with Crippen LogP contribution in [0.4, 0.5) is 0 Å². The minimum atomic E-state index is -0.280. The van der Waals surface area contributed by atoms with Gasteiger partial charge >= 0.3 is 0 Å². The Morgan fingerprint density at radius 2 is 2.05 bits per heavy atom. The Morgan fingerprint density at radius 1 is 1.33 bits per heavy atom. The molecule has 7 heteroatoms. The number of carbonyl (C=O) groups excluding carboxylic acids is 2. The number of likely N-dealkylation sites (N-methyl/N-ethyl adjacent to an activating group) is 1. The smallest absolute Gasteiger partial charge is 0.239 e. The zero-order valence-corrected chi connectivity index (χ0v) is 12.9. The van der Waals surface area contributed by atoms with E-state index in [-0.39, 0.29) is 23.9 Å². The number of rotatable bonds is 4. The van der Waals surface area contributed by atoms with E-state index in [0.717, 1.165) is 6.54 Å². The van der Waals surface area contributed by atoms with Crippen molar-refractivity contribution >= 4 is 11.8 Å². The number of amides is 2. The van der Waals surface area contributed by atoms with E-state index in [1.54, 1.807) is 0 Å². The molecule has 2 fully saturated rings. The van der Waals surface area contributed by atoms with Crippen molar-refractivity contribution in [1.29, 1.82) is 0 Å². The molecule has 2 aliphatic rings. The highest BCUT2D eigenvalue weighted by atomic mass is 16.5. The number of piperazine rings is 1. The predicted molar refractivity (Wildman–Crippen MR) is 78.9 cm³/mol. The monoisotopic (exact) mass is 298 g/mol. The van der Waals surface area contributed by atoms with Gasteiger partial charge in [0.1, 0.15) is 6.04 Å². The Hall–Kier alpha value is -1.18. The van der Waals surface area contributed by atoms with Crippen LogP contribution in [0.3, 0.4) is 0 Å². The van der Waals surface area contributed by atoms with Crippen molar-refractivity contribution in [2.75, 3.05) is 52.5 Å². The average molecular weight is 298 g/mol. The summed E-state index contributed by atoms with van der Waals surface area (Å²) < 4.78 is 5.28. The summed E-state index contributed by atoms with van der Waals surface area (Å²) in [6.07, 6.45) is 0. The molecule has 0 aliphatic carbocycles. The molecule has 0 saturated carbocycles. The van der Waals surface area contributed by atoms with E-state index in [4.69, 9.17) is 4.74 Å². The largest absolute Gasteiger partial charge is 0.378 e. The highest BCUT2D eigenvalue weighted by Gasteiger charge is 2.36. The van der Waals surface area contributed by atoms with Crippen molar-refractivity contribution in [2.45, 2.75) is 25.9 Å². The van der Waals surface area contributed by atoms with Crippen LogP contribution in [0.2, 0.25) is 0 Å². The van der Waals surface area contributed by atoms with Crippen LogP contribution >= 0.6 is 0 Å². The molecule has 2 atom stereocenters. The first-order valence-corrected chi connectivity index (χ1v) is 7.76. The predicted octanol–water partition coefficient (Wildman–Crippen LogP) is -1.36. The molecular formula is C14H26N4O3. The van der Waals surface area contributed by atoms with E-state index in [9.17, 15) is 9.59 Å². The molecule has 2 N–H and O–H groups in total. The van der Waals surface area contributed by atoms with Crippen LogP contribution < -0.4 is 10.6 Å². The average Bonchev–Trinajstić information content (AvgIpc) is 2.54. The van der Waals surface area contributed by atoms with Crippen LogP contribution in [0, 0.1) is 0 Å². The lowest BCUT2D eigenvalue weighted by atomic mass is 10.1. The van der Waals surface area contributed by atoms with Gasteiger partial charge in [0.25, 0.3) is 0 Å². The van der Waals surface area contributed by atoms with Gasteiger partial charge in [0.05, 0.1) is 19.3 Å². The molecule has 0 bridgehead atoms. The van der Waals surface area contributed by atoms with Gasteiger partial charge in [-0.2, -0.15) is 0 Å². The van der Waals surface area contributed by atoms with Crippen molar-refractivity contribution in [3.8, 4) is 0 Å². The molecule has 120 valence electrons. The molecule has 7 nitrogen and oxygen atoms in total. The van der Waals surface area contributed by atoms with E-state index in [2.05, 4.69) is 10.6 Å². The fourth-order valence-electron chi connectivity index (χ4n) is 2.91. The van der Waals surface area contributed by atoms with E-state index in [0.29, 0.717) is 45.9 Å². The van der Waals surface area contributed by atoms with Gasteiger partial charge in [0.2, 0.25) is 11.8 Å². The van der Waals surface area contributed by atoms with Crippen molar-refractivity contribution in [3.63, 3.8) is 0 Å². The maximum Gasteiger partial charge on any atom is 0.239 e. The van der Waals surface area contributed by atoms with Gasteiger partial charge in [-0.15, -0.1) is 0 Å². The Kier molecular flexibility index (Phi) is 5.96. The SMILES string of the molecule is CCNC(=O)C1CNCCN1C(C)C(=O)N1CCOCC1. The third-order valence-electron chi connectivity index (χ3n) is 4.12. The second kappa shape index (κ2) is 7.72. The summed E-state index contributed by atoms with van der Waals surface area (Å²) in [5.74, 6) is 0.0841. The number of hydrogen-bond donors (Lipinski definition) is 2. The molecule has 0 aromatic rings. The van der Waals surface area contributed by atoms with Crippen molar-refractivity contribution in [2.24, 2.45) is 0 Å². The van der Waals surface area contributed by atoms with E-state index in [1.807, 2.05) is 23.6 Å². The van der Waals surface area contributed by atoms with Gasteiger partial charge in [-0.25, -0.2) is 0 Å². The minimum absolute atomic E-state index is 0.00803. The summed E-state index contributed by atoms with van der Waals surface area (Å²) in [6.45, 7) is 8.98. The molecule has 2 aliphatic heterocycles. The molecule has 0 radical (unpaired) electrons. The summed E-state index contributed by atoms with van der Waals surface area (Å²) in [5, 5.41) is 6.08. The lowest BCUT2D eigenvalue weighted by Gasteiger charge is -2.40. The molecule has 0 aromatic carbocycles. The Labute approximate surface area is 126 Å². The second-order valence-corrected chi connectivity index (χ2v) is 5.47. The number of hydrogen-bond acceptors (Lipinski definition) is 5. The molecule has 2 heterocycles. The first kappa shape index (κ1) is 16.2. The Bertz CT molecular complexity index is 371. The Balaban J connectivity index is 2.01. The number of nitrogens with one attached hydrogen (secondary N) is 2. The number of ether oxygens (including phenoxy) is 1. The normalized spacial score (nSPS) is 25.4. The molecule has 2 unspecified atom stereocenters. The third-order valence-corrected chi connectivity index (χ3v) is 4.12. The maximum absolute atomic E-state index is 12.6. The first-order valence-electron chi connectivity index (χ1n) is 7.76. The van der Waals surface area contributed by atoms with Gasteiger partial charge in [0.15, 0.2) is 0 Å². The topological polar surface area (TPSA) is 73.9 Å². The lowest BCUT2D eigenvalue weighted by Crippen LogP contribution is -2.63. The van der Waals surface area contributed by atoms with Crippen LogP contribution in [-0.4, -0.2) is 86.2 Å². The minimum Gasteiger partial charge on any atom is -0.378 e. The van der Waals surface area contributed by atoms with Gasteiger partial charge in [-0.3, -0.25) is 14.5 Å². The Morgan fingerprint density at radius 3 is 2.71 bits per heavy atom. The van der Waals surface area contributed by atoms with Crippen molar-refractivity contribution in [1.82, 2.24) is 20.4 Å². The van der Waals surface area contributed by atoms with E-state index >= 15 is 0 Å². The van der Waals surface area contributed by atoms with Gasteiger partial charge < -0.3 is 20.3 Å². The highest BCUT2D eigenvalue weighted by molar-refractivity contribution is 5.85. The summed E-state index contributed by atoms with van der Waals surface area (Å²) >= 11 is 0. The van der Waals surface area contributed by atoms with Crippen LogP contribution in [0.1, 0.15) is 13.8 Å². The molecule has 21 heavy (non-hydrogen) atoms. The summed E-state index contributed by atoms with van der Waals surface area (Å²) in [4.78, 5) is 28.6. The molecule has 2 saturated heterocycles. The van der Waals surface area contributed by atoms with Crippen LogP contribution in [-0.2, 0) is 14.3 Å². The fraction of sp³-hybridized carbons (Fsp3) is 0.857. The first-order chi connectivity index (χ1) is 10.1. The summed E-state index contributed by atoms with van der Waals surface area (Å²) in [6, 6.07) is -0.559. The van der Waals surface area contributed by atoms with Gasteiger partial charge in [-0.05, 0) is 13.8 Å². The lowest BCUT2D eigenvalue weighted by molar-refractivity contribution is -0.143. The van der Waals surface area contributed by atoms with Crippen molar-refractivity contribution in [3.05, 3.63) is 0 Å². The highest BCUT2D eigenvalue weighted by Crippen LogP contribution is 2.12. The van der Waals surface area contributed by atoms with Crippen molar-refractivity contribution < 1.29 is 14.3 Å². The number of carbonyl (C=O) groups is 2. The van der Waals surface area contributed by atoms with Crippen LogP contribution in [0.5, 0.6) is 0 Å². The van der Waals surface area contributed by atoms with Gasteiger partial charge in [-0.1, -0.05) is 0 Å². The molecule has 2 amide bonds. The zero-order chi connectivity index (χ0) is 15.2. The standard InChI is InChI=1S/C14H26N4O3/c1-3-16-13(19)12-10-15-4-5-18(12)11(2)14(20)17-6-8-21-9-7-17/h11-12,15H,3-10H2,1-2H3,(H,16,19). The molecule has 2 rings (SSSR count).